The maximum absolute atomic E-state index is 13.1. The van der Waals surface area contributed by atoms with E-state index in [1.807, 2.05) is 37.3 Å². The summed E-state index contributed by atoms with van der Waals surface area (Å²) >= 11 is 0. The number of nitrogens with one attached hydrogen (secondary N) is 3. The number of carbonyl (C=O) groups excluding carboxylic acids is 2. The molecule has 1 heterocycles. The van der Waals surface area contributed by atoms with E-state index in [1.54, 1.807) is 4.90 Å². The quantitative estimate of drug-likeness (QED) is 0.424. The maximum Gasteiger partial charge on any atom is 0.255 e. The van der Waals surface area contributed by atoms with Gasteiger partial charge >= 0.3 is 0 Å². The highest BCUT2D eigenvalue weighted by atomic mass is 16.2. The van der Waals surface area contributed by atoms with Gasteiger partial charge in [0.1, 0.15) is 5.54 Å². The van der Waals surface area contributed by atoms with E-state index < -0.39 is 5.54 Å². The van der Waals surface area contributed by atoms with Crippen LogP contribution in [0.4, 0.5) is 0 Å². The summed E-state index contributed by atoms with van der Waals surface area (Å²) in [7, 11) is 0. The molecule has 6 nitrogen and oxygen atoms in total. The summed E-state index contributed by atoms with van der Waals surface area (Å²) in [6.07, 6.45) is 7.15. The molecule has 0 aromatic heterocycles. The molecule has 1 aromatic carbocycles. The maximum atomic E-state index is 13.1. The molecule has 0 aliphatic carbocycles. The fourth-order valence-electron chi connectivity index (χ4n) is 3.99. The summed E-state index contributed by atoms with van der Waals surface area (Å²) in [5, 5.41) is 14.5. The number of carbonyl (C=O) groups is 2. The summed E-state index contributed by atoms with van der Waals surface area (Å²) in [5.41, 5.74) is 0.412. The Morgan fingerprint density at radius 3 is 2.33 bits per heavy atom. The Morgan fingerprint density at radius 1 is 1.10 bits per heavy atom. The highest BCUT2D eigenvalue weighted by Gasteiger charge is 2.47. The number of guanidine groups is 1. The molecular formula is C24H38N4O2. The number of benzene rings is 1. The minimum Gasteiger partial charge on any atom is -0.356 e. The number of nitrogens with zero attached hydrogens (tertiary/aromatic N) is 1. The molecule has 1 atom stereocenters. The fourth-order valence-corrected chi connectivity index (χ4v) is 3.99. The van der Waals surface area contributed by atoms with E-state index in [2.05, 4.69) is 24.5 Å². The average molecular weight is 415 g/mol. The molecule has 1 unspecified atom stereocenters. The summed E-state index contributed by atoms with van der Waals surface area (Å²) in [4.78, 5) is 27.1. The van der Waals surface area contributed by atoms with Gasteiger partial charge in [-0.05, 0) is 38.2 Å². The smallest absolute Gasteiger partial charge is 0.255 e. The van der Waals surface area contributed by atoms with Crippen LogP contribution in [0.15, 0.2) is 30.3 Å². The largest absolute Gasteiger partial charge is 0.356 e. The van der Waals surface area contributed by atoms with Gasteiger partial charge in [0.15, 0.2) is 5.96 Å². The predicted octanol–water partition coefficient (Wildman–Crippen LogP) is 4.17. The molecule has 0 radical (unpaired) electrons. The summed E-state index contributed by atoms with van der Waals surface area (Å²) in [5.74, 6) is 0.123. The molecule has 1 aliphatic rings. The van der Waals surface area contributed by atoms with Crippen molar-refractivity contribution >= 4 is 17.8 Å². The summed E-state index contributed by atoms with van der Waals surface area (Å²) in [6, 6.07) is 9.75. The van der Waals surface area contributed by atoms with Crippen molar-refractivity contribution in [2.45, 2.75) is 83.6 Å². The molecule has 1 aromatic rings. The zero-order chi connectivity index (χ0) is 22.0. The standard InChI is InChI=1S/C24H38N4O2/c1-4-6-15-24(16-7-5-2)22(30)28(23(25)27-24)18-12-11-17-26-21(29)19(3)20-13-9-8-10-14-20/h8-10,13-14,19H,4-7,11-12,15-18H2,1-3H3,(H2,25,27)(H,26,29). The minimum atomic E-state index is -0.595. The first-order valence-electron chi connectivity index (χ1n) is 11.5. The molecule has 1 saturated heterocycles. The third-order valence-corrected chi connectivity index (χ3v) is 6.00. The molecule has 3 N–H and O–H groups in total. The number of hydrogen-bond donors (Lipinski definition) is 3. The Hall–Kier alpha value is -2.37. The number of rotatable bonds is 13. The highest BCUT2D eigenvalue weighted by molar-refractivity contribution is 6.07. The van der Waals surface area contributed by atoms with Crippen LogP contribution in [0.25, 0.3) is 0 Å². The Labute approximate surface area is 181 Å². The van der Waals surface area contributed by atoms with Crippen molar-refractivity contribution in [1.82, 2.24) is 15.5 Å². The van der Waals surface area contributed by atoms with Crippen molar-refractivity contribution < 1.29 is 9.59 Å². The Bertz CT molecular complexity index is 696. The second-order valence-electron chi connectivity index (χ2n) is 8.35. The molecule has 0 spiro atoms. The molecule has 166 valence electrons. The van der Waals surface area contributed by atoms with Crippen LogP contribution in [0.2, 0.25) is 0 Å². The lowest BCUT2D eigenvalue weighted by atomic mass is 9.87. The first-order chi connectivity index (χ1) is 14.4. The molecule has 0 saturated carbocycles. The Balaban J connectivity index is 1.79. The van der Waals surface area contributed by atoms with E-state index in [0.717, 1.165) is 56.9 Å². The van der Waals surface area contributed by atoms with Crippen LogP contribution in [0.1, 0.15) is 83.6 Å². The van der Waals surface area contributed by atoms with Gasteiger partial charge in [0.05, 0.1) is 5.92 Å². The molecule has 1 aliphatic heterocycles. The van der Waals surface area contributed by atoms with Gasteiger partial charge in [0.2, 0.25) is 5.91 Å². The fraction of sp³-hybridized carbons (Fsp3) is 0.625. The normalized spacial score (nSPS) is 16.4. The van der Waals surface area contributed by atoms with Crippen LogP contribution >= 0.6 is 0 Å². The highest BCUT2D eigenvalue weighted by Crippen LogP contribution is 2.29. The van der Waals surface area contributed by atoms with Gasteiger partial charge in [-0.2, -0.15) is 0 Å². The number of amides is 2. The predicted molar refractivity (Wildman–Crippen MR) is 121 cm³/mol. The lowest BCUT2D eigenvalue weighted by molar-refractivity contribution is -0.131. The SMILES string of the molecule is CCCCC1(CCCC)NC(=N)N(CCCCNC(=O)C(C)c2ccccc2)C1=O. The number of unbranched alkanes of at least 4 members (excludes halogenated alkanes) is 3. The molecule has 6 heteroatoms. The van der Waals surface area contributed by atoms with Crippen LogP contribution in [0.5, 0.6) is 0 Å². The topological polar surface area (TPSA) is 85.3 Å². The van der Waals surface area contributed by atoms with Crippen LogP contribution in [0.3, 0.4) is 0 Å². The Kier molecular flexibility index (Phi) is 9.34. The Morgan fingerprint density at radius 2 is 1.73 bits per heavy atom. The van der Waals surface area contributed by atoms with Crippen LogP contribution < -0.4 is 10.6 Å². The number of hydrogen-bond acceptors (Lipinski definition) is 3. The van der Waals surface area contributed by atoms with Crippen LogP contribution in [-0.4, -0.2) is 41.3 Å². The van der Waals surface area contributed by atoms with E-state index in [4.69, 9.17) is 5.41 Å². The lowest BCUT2D eigenvalue weighted by Gasteiger charge is -2.27. The van der Waals surface area contributed by atoms with Gasteiger partial charge in [-0.15, -0.1) is 0 Å². The van der Waals surface area contributed by atoms with Gasteiger partial charge in [-0.3, -0.25) is 19.9 Å². The van der Waals surface area contributed by atoms with Crippen LogP contribution in [-0.2, 0) is 9.59 Å². The molecule has 30 heavy (non-hydrogen) atoms. The zero-order valence-electron chi connectivity index (χ0n) is 18.8. The van der Waals surface area contributed by atoms with Gasteiger partial charge in [-0.1, -0.05) is 69.9 Å². The third kappa shape index (κ3) is 6.07. The first kappa shape index (κ1) is 23.9. The van der Waals surface area contributed by atoms with Crippen molar-refractivity contribution in [3.05, 3.63) is 35.9 Å². The van der Waals surface area contributed by atoms with E-state index >= 15 is 0 Å². The summed E-state index contributed by atoms with van der Waals surface area (Å²) < 4.78 is 0. The van der Waals surface area contributed by atoms with E-state index in [0.29, 0.717) is 13.1 Å². The molecule has 2 amide bonds. The van der Waals surface area contributed by atoms with Crippen molar-refractivity contribution in [1.29, 1.82) is 5.41 Å². The van der Waals surface area contributed by atoms with Crippen molar-refractivity contribution in [2.75, 3.05) is 13.1 Å². The average Bonchev–Trinajstić information content (AvgIpc) is 3.00. The second-order valence-corrected chi connectivity index (χ2v) is 8.35. The first-order valence-corrected chi connectivity index (χ1v) is 11.5. The van der Waals surface area contributed by atoms with Gasteiger partial charge in [0, 0.05) is 13.1 Å². The summed E-state index contributed by atoms with van der Waals surface area (Å²) in [6.45, 7) is 7.27. The van der Waals surface area contributed by atoms with E-state index in [9.17, 15) is 9.59 Å². The van der Waals surface area contributed by atoms with E-state index in [-0.39, 0.29) is 23.7 Å². The van der Waals surface area contributed by atoms with Crippen molar-refractivity contribution in [3.63, 3.8) is 0 Å². The second kappa shape index (κ2) is 11.7. The third-order valence-electron chi connectivity index (χ3n) is 6.00. The lowest BCUT2D eigenvalue weighted by Crippen LogP contribution is -2.47. The van der Waals surface area contributed by atoms with Gasteiger partial charge in [0.25, 0.3) is 5.91 Å². The van der Waals surface area contributed by atoms with E-state index in [1.165, 1.54) is 0 Å². The van der Waals surface area contributed by atoms with Crippen molar-refractivity contribution in [3.8, 4) is 0 Å². The van der Waals surface area contributed by atoms with Crippen LogP contribution in [0, 0.1) is 5.41 Å². The monoisotopic (exact) mass is 414 g/mol. The molecule has 1 fully saturated rings. The molecule has 2 rings (SSSR count). The molecule has 0 bridgehead atoms. The van der Waals surface area contributed by atoms with Crippen molar-refractivity contribution in [2.24, 2.45) is 0 Å². The molecular weight excluding hydrogens is 376 g/mol. The van der Waals surface area contributed by atoms with Gasteiger partial charge in [-0.25, -0.2) is 0 Å². The minimum absolute atomic E-state index is 0.0195. The van der Waals surface area contributed by atoms with Gasteiger partial charge < -0.3 is 10.6 Å². The zero-order valence-corrected chi connectivity index (χ0v) is 18.8.